The zero-order chi connectivity index (χ0) is 31.1. The van der Waals surface area contributed by atoms with E-state index >= 15 is 0 Å². The van der Waals surface area contributed by atoms with E-state index in [1.54, 1.807) is 56.4 Å². The Morgan fingerprint density at radius 2 is 1.73 bits per heavy atom. The number of dihydropyridines is 1. The number of rotatable bonds is 11. The maximum Gasteiger partial charge on any atom is 0.336 e. The van der Waals surface area contributed by atoms with Crippen molar-refractivity contribution in [2.45, 2.75) is 33.2 Å². The number of hydrogen-bond acceptors (Lipinski definition) is 8. The molecule has 0 aliphatic carbocycles. The fourth-order valence-corrected chi connectivity index (χ4v) is 5.43. The van der Waals surface area contributed by atoms with Crippen molar-refractivity contribution >= 4 is 29.3 Å². The van der Waals surface area contributed by atoms with E-state index < -0.39 is 17.8 Å². The maximum absolute atomic E-state index is 13.8. The van der Waals surface area contributed by atoms with Gasteiger partial charge in [0, 0.05) is 34.6 Å². The number of esters is 1. The van der Waals surface area contributed by atoms with Crippen LogP contribution in [0.4, 0.5) is 5.82 Å². The quantitative estimate of drug-likeness (QED) is 0.170. The van der Waals surface area contributed by atoms with E-state index in [9.17, 15) is 9.59 Å². The van der Waals surface area contributed by atoms with Gasteiger partial charge in [-0.1, -0.05) is 66.2 Å². The number of hydrogen-bond donors (Lipinski definition) is 2. The largest absolute Gasteiger partial charge is 0.463 e. The van der Waals surface area contributed by atoms with Crippen molar-refractivity contribution in [1.82, 2.24) is 25.1 Å². The Labute approximate surface area is 260 Å². The fraction of sp³-hybridized carbons (Fsp3) is 0.242. The Morgan fingerprint density at radius 1 is 0.977 bits per heavy atom. The Balaban J connectivity index is 1.45. The monoisotopic (exact) mass is 612 g/mol. The van der Waals surface area contributed by atoms with E-state index in [-0.39, 0.29) is 18.8 Å². The molecule has 11 heteroatoms. The number of benzene rings is 2. The highest BCUT2D eigenvalue weighted by Crippen LogP contribution is 2.42. The summed E-state index contributed by atoms with van der Waals surface area (Å²) < 4.78 is 13.6. The summed E-state index contributed by atoms with van der Waals surface area (Å²) in [6.45, 7) is 6.42. The highest BCUT2D eigenvalue weighted by Gasteiger charge is 2.39. The average Bonchev–Trinajstić information content (AvgIpc) is 3.40. The second kappa shape index (κ2) is 14.1. The lowest BCUT2D eigenvalue weighted by molar-refractivity contribution is -0.138. The molecule has 1 amide bonds. The molecule has 4 aromatic rings. The van der Waals surface area contributed by atoms with Gasteiger partial charge in [0.25, 0.3) is 5.91 Å². The van der Waals surface area contributed by atoms with Crippen LogP contribution in [0.1, 0.15) is 31.2 Å². The molecule has 0 spiro atoms. The minimum absolute atomic E-state index is 0.0590. The predicted molar refractivity (Wildman–Crippen MR) is 168 cm³/mol. The van der Waals surface area contributed by atoms with Gasteiger partial charge >= 0.3 is 5.97 Å². The van der Waals surface area contributed by atoms with Gasteiger partial charge in [-0.25, -0.2) is 9.78 Å². The molecular formula is C33H33ClN6O4. The van der Waals surface area contributed by atoms with Crippen molar-refractivity contribution in [3.8, 4) is 11.4 Å². The van der Waals surface area contributed by atoms with Crippen LogP contribution in [0.25, 0.3) is 11.4 Å². The highest BCUT2D eigenvalue weighted by molar-refractivity contribution is 6.31. The molecule has 0 fully saturated rings. The first-order valence-electron chi connectivity index (χ1n) is 14.3. The van der Waals surface area contributed by atoms with E-state index in [2.05, 4.69) is 25.8 Å². The van der Waals surface area contributed by atoms with Crippen LogP contribution in [0.15, 0.2) is 102 Å². The summed E-state index contributed by atoms with van der Waals surface area (Å²) in [6.07, 6.45) is 1.59. The van der Waals surface area contributed by atoms with Crippen molar-refractivity contribution < 1.29 is 19.1 Å². The molecule has 1 unspecified atom stereocenters. The van der Waals surface area contributed by atoms with Crippen LogP contribution in [0.2, 0.25) is 5.02 Å². The van der Waals surface area contributed by atoms with Crippen molar-refractivity contribution in [2.75, 3.05) is 25.1 Å². The van der Waals surface area contributed by atoms with Crippen molar-refractivity contribution in [1.29, 1.82) is 0 Å². The number of anilines is 1. The highest BCUT2D eigenvalue weighted by atomic mass is 35.5. The average molecular weight is 613 g/mol. The molecule has 1 aliphatic heterocycles. The lowest BCUT2D eigenvalue weighted by Gasteiger charge is -2.32. The molecule has 2 aromatic carbocycles. The number of aryl methyl sites for hydroxylation is 1. The number of carbonyl (C=O) groups is 2. The number of halogens is 1. The van der Waals surface area contributed by atoms with Crippen LogP contribution < -0.4 is 10.6 Å². The molecule has 10 nitrogen and oxygen atoms in total. The number of amides is 1. The summed E-state index contributed by atoms with van der Waals surface area (Å²) in [5.41, 5.74) is 3.16. The molecule has 1 atom stereocenters. The first kappa shape index (κ1) is 30.7. The van der Waals surface area contributed by atoms with E-state index in [1.807, 2.05) is 47.9 Å². The Kier molecular flexibility index (Phi) is 9.83. The molecule has 0 saturated heterocycles. The summed E-state index contributed by atoms with van der Waals surface area (Å²) >= 11 is 6.69. The SMILES string of the molecule is CCOC(=O)C1=C(COCCn2c(C)nnc2-c2ccccc2)NC(C)=C(C(=O)Nc2ccccn2)C1c1ccccc1Cl. The fourth-order valence-electron chi connectivity index (χ4n) is 5.18. The van der Waals surface area contributed by atoms with Gasteiger partial charge in [0.05, 0.1) is 37.0 Å². The van der Waals surface area contributed by atoms with Crippen LogP contribution >= 0.6 is 11.6 Å². The number of nitrogens with zero attached hydrogens (tertiary/aromatic N) is 4. The van der Waals surface area contributed by atoms with Gasteiger partial charge in [0.2, 0.25) is 0 Å². The Bertz CT molecular complexity index is 1700. The maximum atomic E-state index is 13.8. The molecule has 5 rings (SSSR count). The second-order valence-corrected chi connectivity index (χ2v) is 10.4. The van der Waals surface area contributed by atoms with Crippen LogP contribution in [-0.2, 0) is 25.6 Å². The van der Waals surface area contributed by atoms with Crippen molar-refractivity contribution in [3.05, 3.63) is 118 Å². The third-order valence-electron chi connectivity index (χ3n) is 7.18. The van der Waals surface area contributed by atoms with Gasteiger partial charge < -0.3 is 24.7 Å². The first-order chi connectivity index (χ1) is 21.4. The van der Waals surface area contributed by atoms with E-state index in [0.29, 0.717) is 46.5 Å². The molecule has 2 aromatic heterocycles. The third-order valence-corrected chi connectivity index (χ3v) is 7.53. The van der Waals surface area contributed by atoms with Crippen LogP contribution in [0, 0.1) is 6.92 Å². The number of pyridine rings is 1. The zero-order valence-electron chi connectivity index (χ0n) is 24.7. The smallest absolute Gasteiger partial charge is 0.336 e. The van der Waals surface area contributed by atoms with Gasteiger partial charge in [-0.05, 0) is 44.5 Å². The van der Waals surface area contributed by atoms with E-state index in [0.717, 1.165) is 17.2 Å². The summed E-state index contributed by atoms with van der Waals surface area (Å²) in [4.78, 5) is 31.6. The normalized spacial score (nSPS) is 14.8. The van der Waals surface area contributed by atoms with Crippen LogP contribution in [0.5, 0.6) is 0 Å². The number of aromatic nitrogens is 4. The van der Waals surface area contributed by atoms with Gasteiger partial charge in [0.1, 0.15) is 11.6 Å². The molecule has 3 heterocycles. The number of nitrogens with one attached hydrogen (secondary N) is 2. The summed E-state index contributed by atoms with van der Waals surface area (Å²) in [5, 5.41) is 15.1. The molecule has 226 valence electrons. The number of allylic oxidation sites excluding steroid dienone is 1. The molecule has 0 saturated carbocycles. The zero-order valence-corrected chi connectivity index (χ0v) is 25.5. The first-order valence-corrected chi connectivity index (χ1v) is 14.6. The summed E-state index contributed by atoms with van der Waals surface area (Å²) in [5.74, 6) is 0.0738. The van der Waals surface area contributed by atoms with Crippen LogP contribution in [-0.4, -0.2) is 51.4 Å². The number of carbonyl (C=O) groups excluding carboxylic acids is 2. The molecule has 0 radical (unpaired) electrons. The second-order valence-electron chi connectivity index (χ2n) is 10.0. The predicted octanol–water partition coefficient (Wildman–Crippen LogP) is 5.44. The standard InChI is InChI=1S/C33H33ClN6O4/c1-4-44-33(42)30-26(20-43-19-18-40-22(3)38-39-31(40)23-12-6-5-7-13-23)36-21(2)28(29(30)24-14-8-9-15-25(24)34)32(41)37-27-16-10-11-17-35-27/h5-17,29,36H,4,18-20H2,1-3H3,(H,35,37,41). The summed E-state index contributed by atoms with van der Waals surface area (Å²) in [7, 11) is 0. The molecule has 1 aliphatic rings. The number of ether oxygens (including phenoxy) is 2. The van der Waals surface area contributed by atoms with Gasteiger partial charge in [-0.2, -0.15) is 0 Å². The Hall–Kier alpha value is -4.80. The molecule has 44 heavy (non-hydrogen) atoms. The molecule has 2 N–H and O–H groups in total. The summed E-state index contributed by atoms with van der Waals surface area (Å²) in [6, 6.07) is 22.2. The van der Waals surface area contributed by atoms with Gasteiger partial charge in [-0.3, -0.25) is 4.79 Å². The minimum atomic E-state index is -0.823. The lowest BCUT2D eigenvalue weighted by Crippen LogP contribution is -2.36. The Morgan fingerprint density at radius 3 is 2.45 bits per heavy atom. The minimum Gasteiger partial charge on any atom is -0.463 e. The molecular weight excluding hydrogens is 580 g/mol. The van der Waals surface area contributed by atoms with Gasteiger partial charge in [-0.15, -0.1) is 10.2 Å². The third kappa shape index (κ3) is 6.72. The van der Waals surface area contributed by atoms with E-state index in [1.165, 1.54) is 0 Å². The van der Waals surface area contributed by atoms with Crippen molar-refractivity contribution in [2.24, 2.45) is 0 Å². The lowest BCUT2D eigenvalue weighted by atomic mass is 9.79. The van der Waals surface area contributed by atoms with Gasteiger partial charge in [0.15, 0.2) is 5.82 Å². The van der Waals surface area contributed by atoms with Crippen molar-refractivity contribution in [3.63, 3.8) is 0 Å². The molecule has 0 bridgehead atoms. The van der Waals surface area contributed by atoms with E-state index in [4.69, 9.17) is 21.1 Å². The van der Waals surface area contributed by atoms with Crippen LogP contribution in [0.3, 0.4) is 0 Å². The topological polar surface area (TPSA) is 120 Å².